The lowest BCUT2D eigenvalue weighted by molar-refractivity contribution is -0.121. The van der Waals surface area contributed by atoms with E-state index in [0.29, 0.717) is 61.5 Å². The van der Waals surface area contributed by atoms with Crippen molar-refractivity contribution in [2.24, 2.45) is 0 Å². The first-order chi connectivity index (χ1) is 26.0. The largest absolute Gasteiger partial charge is 0.493 e. The Morgan fingerprint density at radius 1 is 0.943 bits per heavy atom. The van der Waals surface area contributed by atoms with Crippen molar-refractivity contribution in [3.05, 3.63) is 53.6 Å². The van der Waals surface area contributed by atoms with Gasteiger partial charge >= 0.3 is 6.03 Å². The number of hydrogen-bond donors (Lipinski definition) is 7. The molecule has 0 bridgehead atoms. The highest BCUT2D eigenvalue weighted by molar-refractivity contribution is 8.76. The number of aryl methyl sites for hydroxylation is 1. The fourth-order valence-electron chi connectivity index (χ4n) is 7.49. The first-order valence-corrected chi connectivity index (χ1v) is 22.1. The monoisotopic (exact) mass is 779 g/mol. The van der Waals surface area contributed by atoms with Gasteiger partial charge in [-0.15, -0.1) is 0 Å². The second kappa shape index (κ2) is 18.0. The molecule has 4 unspecified atom stereocenters. The van der Waals surface area contributed by atoms with E-state index in [1.165, 1.54) is 11.1 Å². The lowest BCUT2D eigenvalue weighted by atomic mass is 10.0. The Labute approximate surface area is 322 Å². The summed E-state index contributed by atoms with van der Waals surface area (Å²) in [6, 6.07) is 15.5. The van der Waals surface area contributed by atoms with Crippen LogP contribution in [0.2, 0.25) is 0 Å². The minimum Gasteiger partial charge on any atom is -0.493 e. The summed E-state index contributed by atoms with van der Waals surface area (Å²) in [7, 11) is 4.97. The summed E-state index contributed by atoms with van der Waals surface area (Å²) in [5.74, 6) is 4.91. The third-order valence-corrected chi connectivity index (χ3v) is 14.1. The van der Waals surface area contributed by atoms with Gasteiger partial charge in [-0.3, -0.25) is 19.8 Å². The van der Waals surface area contributed by atoms with Crippen molar-refractivity contribution in [3.8, 4) is 22.8 Å². The van der Waals surface area contributed by atoms with Crippen molar-refractivity contribution in [2.75, 3.05) is 49.4 Å². The fourth-order valence-corrected chi connectivity index (χ4v) is 10.9. The molecule has 2 aromatic rings. The number of rotatable bonds is 20. The zero-order valence-electron chi connectivity index (χ0n) is 30.0. The van der Waals surface area contributed by atoms with Gasteiger partial charge in [0.15, 0.2) is 11.5 Å². The average molecular weight is 780 g/mol. The fraction of sp³-hybridized carbons (Fsp3) is 0.500. The maximum Gasteiger partial charge on any atom is 0.315 e. The molecule has 5 aliphatic rings. The molecule has 53 heavy (non-hydrogen) atoms. The molecule has 7 N–H and O–H groups in total. The van der Waals surface area contributed by atoms with E-state index in [4.69, 9.17) is 9.47 Å². The van der Waals surface area contributed by atoms with E-state index < -0.39 is 0 Å². The maximum absolute atomic E-state index is 12.4. The molecule has 3 heterocycles. The number of unbranched alkanes of at least 4 members (excludes halogenated alkanes) is 1. The maximum atomic E-state index is 12.4. The van der Waals surface area contributed by atoms with E-state index >= 15 is 0 Å². The van der Waals surface area contributed by atoms with Crippen LogP contribution in [-0.2, 0) is 16.0 Å². The molecule has 284 valence electrons. The van der Waals surface area contributed by atoms with Crippen LogP contribution in [0.5, 0.6) is 11.5 Å². The van der Waals surface area contributed by atoms with Gasteiger partial charge < -0.3 is 36.1 Å². The highest BCUT2D eigenvalue weighted by Gasteiger charge is 2.42. The molecule has 3 aliphatic heterocycles. The number of ether oxygens (including phenoxy) is 2. The van der Waals surface area contributed by atoms with Crippen LogP contribution in [0.15, 0.2) is 42.5 Å². The third-order valence-electron chi connectivity index (χ3n) is 10.2. The van der Waals surface area contributed by atoms with E-state index in [-0.39, 0.29) is 36.0 Å². The number of nitrogens with one attached hydrogen (secondary N) is 7. The summed E-state index contributed by atoms with van der Waals surface area (Å²) in [5, 5.41) is 24.9. The third kappa shape index (κ3) is 9.29. The number of carbonyl (C=O) groups is 3. The van der Waals surface area contributed by atoms with E-state index in [0.717, 1.165) is 71.5 Å². The molecule has 2 saturated heterocycles. The minimum absolute atomic E-state index is 0.0256. The number of H-pyrrole nitrogens is 2. The van der Waals surface area contributed by atoms with Gasteiger partial charge in [-0.1, -0.05) is 52.3 Å². The quantitative estimate of drug-likeness (QED) is 0.0315. The Bertz CT molecular complexity index is 1850. The first kappa shape index (κ1) is 37.5. The van der Waals surface area contributed by atoms with Crippen LogP contribution in [-0.4, -0.2) is 89.4 Å². The van der Waals surface area contributed by atoms with Crippen LogP contribution in [0, 0.1) is 0 Å². The molecule has 0 radical (unpaired) electrons. The molecule has 0 aromatic heterocycles. The number of urea groups is 1. The van der Waals surface area contributed by atoms with Gasteiger partial charge in [-0.05, 0) is 66.8 Å². The van der Waals surface area contributed by atoms with Crippen molar-refractivity contribution in [3.63, 3.8) is 0 Å². The molecule has 0 spiro atoms. The zero-order chi connectivity index (χ0) is 36.6. The van der Waals surface area contributed by atoms with Crippen LogP contribution in [0.25, 0.3) is 22.0 Å². The van der Waals surface area contributed by atoms with Gasteiger partial charge in [0.1, 0.15) is 5.82 Å². The van der Waals surface area contributed by atoms with E-state index in [1.54, 1.807) is 28.7 Å². The number of fused-ring (bicyclic) bond motifs is 5. The number of benzene rings is 2. The Hall–Kier alpha value is -3.82. The number of aromatic nitrogens is 2. The van der Waals surface area contributed by atoms with Crippen LogP contribution in [0.3, 0.4) is 0 Å². The molecule has 4 atom stereocenters. The topological polar surface area (TPSA) is 161 Å². The summed E-state index contributed by atoms with van der Waals surface area (Å²) < 4.78 is 11.8. The average Bonchev–Trinajstić information content (AvgIpc) is 3.98. The molecule has 15 heteroatoms. The molecule has 4 amide bonds. The highest BCUT2D eigenvalue weighted by atomic mass is 33.1. The van der Waals surface area contributed by atoms with E-state index in [2.05, 4.69) is 67.1 Å². The van der Waals surface area contributed by atoms with Crippen molar-refractivity contribution >= 4 is 67.8 Å². The first-order valence-electron chi connectivity index (χ1n) is 18.6. The summed E-state index contributed by atoms with van der Waals surface area (Å²) in [5.41, 5.74) is 4.91. The predicted octanol–water partition coefficient (Wildman–Crippen LogP) is 6.21. The highest BCUT2D eigenvalue weighted by Crippen LogP contribution is 2.44. The second-order valence-corrected chi connectivity index (χ2v) is 17.7. The van der Waals surface area contributed by atoms with E-state index in [9.17, 15) is 14.4 Å². The Balaban J connectivity index is 0.736. The minimum atomic E-state index is -0.0571. The number of amides is 4. The van der Waals surface area contributed by atoms with Crippen LogP contribution in [0.1, 0.15) is 62.1 Å². The van der Waals surface area contributed by atoms with Crippen LogP contribution in [0.4, 0.5) is 10.6 Å². The van der Waals surface area contributed by atoms with Crippen molar-refractivity contribution in [1.29, 1.82) is 0 Å². The van der Waals surface area contributed by atoms with Crippen molar-refractivity contribution < 1.29 is 23.9 Å². The summed E-state index contributed by atoms with van der Waals surface area (Å²) in [6.07, 6.45) is 6.66. The molecule has 7 rings (SSSR count). The number of methoxy groups -OCH3 is 1. The van der Waals surface area contributed by atoms with Crippen molar-refractivity contribution in [1.82, 2.24) is 31.5 Å². The van der Waals surface area contributed by atoms with Gasteiger partial charge in [0.05, 0.1) is 37.5 Å². The standard InChI is InChI=1S/C38H49N7O5S3/c1-49-30-21-26-24(19-27-35(26)44-45-37(27)41-28-12-11-23-7-2-3-8-25(23)28)20-31(30)50-16-6-14-39-34(47)13-17-52-53-18-15-40-33(46)10-5-4-9-32-36-29(22-51-32)42-38(48)43-36/h2-3,7-8,19-21,28-29,32,36,41,44-45H,4-6,9-18,22H2,1H3,(H,39,47)(H,40,46)(H2,42,43,48). The molecule has 2 aromatic carbocycles. The molecule has 0 saturated carbocycles. The Kier molecular flexibility index (Phi) is 12.7. The molecule has 2 aliphatic carbocycles. The van der Waals surface area contributed by atoms with Gasteiger partial charge in [0.25, 0.3) is 0 Å². The predicted molar refractivity (Wildman–Crippen MR) is 217 cm³/mol. The normalized spacial score (nSPS) is 20.2. The Morgan fingerprint density at radius 2 is 1.79 bits per heavy atom. The number of aromatic amines is 2. The molecular formula is C38H49N7O5S3. The molecule has 12 nitrogen and oxygen atoms in total. The lowest BCUT2D eigenvalue weighted by Gasteiger charge is -2.16. The second-order valence-electron chi connectivity index (χ2n) is 13.7. The SMILES string of the molecule is COc1cc2c3[nH][nH]c(NC4CCc5ccccc54)c-3cc2cc1OCCCNC(=O)CCSSCCNC(=O)CCCCC1SCC2NC(=O)NC21. The molecular weight excluding hydrogens is 731 g/mol. The van der Waals surface area contributed by atoms with Crippen LogP contribution < -0.4 is 36.1 Å². The lowest BCUT2D eigenvalue weighted by Crippen LogP contribution is -2.36. The van der Waals surface area contributed by atoms with E-state index in [1.807, 2.05) is 23.9 Å². The van der Waals surface area contributed by atoms with Gasteiger partial charge in [0.2, 0.25) is 11.8 Å². The number of hydrogen-bond acceptors (Lipinski definition) is 9. The zero-order valence-corrected chi connectivity index (χ0v) is 32.5. The number of anilines is 1. The van der Waals surface area contributed by atoms with Gasteiger partial charge in [-0.25, -0.2) is 4.79 Å². The summed E-state index contributed by atoms with van der Waals surface area (Å²) in [6.45, 7) is 1.61. The summed E-state index contributed by atoms with van der Waals surface area (Å²) in [4.78, 5) is 36.1. The number of carbonyl (C=O) groups excluding carboxylic acids is 3. The smallest absolute Gasteiger partial charge is 0.315 e. The van der Waals surface area contributed by atoms with Gasteiger partial charge in [0, 0.05) is 59.4 Å². The van der Waals surface area contributed by atoms with Crippen molar-refractivity contribution in [2.45, 2.75) is 74.7 Å². The molecule has 2 fully saturated rings. The Morgan fingerprint density at radius 3 is 2.70 bits per heavy atom. The summed E-state index contributed by atoms with van der Waals surface area (Å²) >= 11 is 1.91. The van der Waals surface area contributed by atoms with Crippen LogP contribution >= 0.6 is 33.3 Å². The van der Waals surface area contributed by atoms with Gasteiger partial charge in [-0.2, -0.15) is 11.8 Å². The number of thioether (sulfide) groups is 1.